The molecule has 0 radical (unpaired) electrons. The maximum atomic E-state index is 13.0. The average molecular weight is 327 g/mol. The molecular weight excluding hydrogens is 315 g/mol. The zero-order chi connectivity index (χ0) is 16.1. The number of amides is 2. The van der Waals surface area contributed by atoms with Crippen LogP contribution in [0.3, 0.4) is 0 Å². The van der Waals surface area contributed by atoms with Gasteiger partial charge in [0.15, 0.2) is 0 Å². The SMILES string of the molecule is O=C(NCC(O)c1ccoc1)C(=O)Nc1ccc(F)c(Cl)c1. The lowest BCUT2D eigenvalue weighted by Crippen LogP contribution is -2.37. The summed E-state index contributed by atoms with van der Waals surface area (Å²) in [6.07, 6.45) is 1.72. The van der Waals surface area contributed by atoms with Crippen LogP contribution in [0.4, 0.5) is 10.1 Å². The average Bonchev–Trinajstić information content (AvgIpc) is 3.02. The van der Waals surface area contributed by atoms with E-state index < -0.39 is 23.7 Å². The molecule has 1 aromatic carbocycles. The highest BCUT2D eigenvalue weighted by Gasteiger charge is 2.16. The van der Waals surface area contributed by atoms with E-state index in [1.54, 1.807) is 0 Å². The van der Waals surface area contributed by atoms with E-state index in [9.17, 15) is 19.1 Å². The molecule has 0 saturated heterocycles. The Bertz CT molecular complexity index is 675. The van der Waals surface area contributed by atoms with Crippen molar-refractivity contribution in [3.05, 3.63) is 53.2 Å². The Hall–Kier alpha value is -2.38. The van der Waals surface area contributed by atoms with Crippen LogP contribution in [0.5, 0.6) is 0 Å². The van der Waals surface area contributed by atoms with Gasteiger partial charge in [-0.2, -0.15) is 0 Å². The molecule has 2 amide bonds. The number of hydrogen-bond acceptors (Lipinski definition) is 4. The summed E-state index contributed by atoms with van der Waals surface area (Å²) in [6.45, 7) is -0.157. The van der Waals surface area contributed by atoms with Gasteiger partial charge in [-0.05, 0) is 24.3 Å². The van der Waals surface area contributed by atoms with Crippen molar-refractivity contribution >= 4 is 29.1 Å². The molecule has 2 aromatic rings. The lowest BCUT2D eigenvalue weighted by Gasteiger charge is -2.10. The number of nitrogens with one attached hydrogen (secondary N) is 2. The fraction of sp³-hybridized carbons (Fsp3) is 0.143. The lowest BCUT2D eigenvalue weighted by molar-refractivity contribution is -0.136. The monoisotopic (exact) mass is 326 g/mol. The van der Waals surface area contributed by atoms with Crippen LogP contribution in [0.2, 0.25) is 5.02 Å². The first kappa shape index (κ1) is 16.0. The number of carbonyl (C=O) groups excluding carboxylic acids is 2. The van der Waals surface area contributed by atoms with Gasteiger partial charge in [0.25, 0.3) is 0 Å². The number of furan rings is 1. The van der Waals surface area contributed by atoms with Gasteiger partial charge in [-0.1, -0.05) is 11.6 Å². The Morgan fingerprint density at radius 1 is 1.32 bits per heavy atom. The molecule has 1 unspecified atom stereocenters. The Morgan fingerprint density at radius 3 is 2.73 bits per heavy atom. The fourth-order valence-corrected chi connectivity index (χ4v) is 1.79. The molecule has 0 aliphatic heterocycles. The molecular formula is C14H12ClFN2O4. The summed E-state index contributed by atoms with van der Waals surface area (Å²) in [5.41, 5.74) is 0.660. The van der Waals surface area contributed by atoms with E-state index in [1.807, 2.05) is 0 Å². The van der Waals surface area contributed by atoms with Gasteiger partial charge >= 0.3 is 11.8 Å². The first-order chi connectivity index (χ1) is 10.5. The summed E-state index contributed by atoms with van der Waals surface area (Å²) >= 11 is 5.57. The van der Waals surface area contributed by atoms with Crippen molar-refractivity contribution in [1.82, 2.24) is 5.32 Å². The maximum absolute atomic E-state index is 13.0. The number of halogens is 2. The predicted octanol–water partition coefficient (Wildman–Crippen LogP) is 1.86. The standard InChI is InChI=1S/C14H12ClFN2O4/c15-10-5-9(1-2-11(10)16)18-14(21)13(20)17-6-12(19)8-3-4-22-7-8/h1-5,7,12,19H,6H2,(H,17,20)(H,18,21). The van der Waals surface area contributed by atoms with E-state index in [0.29, 0.717) is 5.56 Å². The van der Waals surface area contributed by atoms with Gasteiger partial charge in [-0.25, -0.2) is 4.39 Å². The zero-order valence-electron chi connectivity index (χ0n) is 11.2. The normalized spacial score (nSPS) is 11.8. The van der Waals surface area contributed by atoms with E-state index in [2.05, 4.69) is 10.6 Å². The van der Waals surface area contributed by atoms with E-state index >= 15 is 0 Å². The molecule has 0 spiro atoms. The molecule has 1 atom stereocenters. The molecule has 116 valence electrons. The number of aliphatic hydroxyl groups is 1. The number of benzene rings is 1. The van der Waals surface area contributed by atoms with Gasteiger partial charge in [-0.3, -0.25) is 9.59 Å². The molecule has 0 aliphatic carbocycles. The number of anilines is 1. The maximum Gasteiger partial charge on any atom is 0.313 e. The summed E-state index contributed by atoms with van der Waals surface area (Å²) in [7, 11) is 0. The molecule has 22 heavy (non-hydrogen) atoms. The van der Waals surface area contributed by atoms with Gasteiger partial charge in [0.2, 0.25) is 0 Å². The topological polar surface area (TPSA) is 91.6 Å². The van der Waals surface area contributed by atoms with Gasteiger partial charge in [0.1, 0.15) is 5.82 Å². The minimum Gasteiger partial charge on any atom is -0.472 e. The number of rotatable bonds is 4. The first-order valence-electron chi connectivity index (χ1n) is 6.22. The number of aliphatic hydroxyl groups excluding tert-OH is 1. The Kier molecular flexibility index (Phi) is 5.13. The zero-order valence-corrected chi connectivity index (χ0v) is 11.9. The minimum atomic E-state index is -0.990. The van der Waals surface area contributed by atoms with Crippen molar-refractivity contribution in [2.75, 3.05) is 11.9 Å². The van der Waals surface area contributed by atoms with Crippen LogP contribution < -0.4 is 10.6 Å². The Morgan fingerprint density at radius 2 is 2.09 bits per heavy atom. The molecule has 0 aliphatic rings. The fourth-order valence-electron chi connectivity index (χ4n) is 1.61. The summed E-state index contributed by atoms with van der Waals surface area (Å²) < 4.78 is 17.8. The third kappa shape index (κ3) is 4.06. The van der Waals surface area contributed by atoms with E-state index in [1.165, 1.54) is 30.7 Å². The largest absolute Gasteiger partial charge is 0.472 e. The van der Waals surface area contributed by atoms with Crippen LogP contribution in [-0.4, -0.2) is 23.5 Å². The van der Waals surface area contributed by atoms with Crippen LogP contribution in [0.1, 0.15) is 11.7 Å². The quantitative estimate of drug-likeness (QED) is 0.748. The van der Waals surface area contributed by atoms with Crippen LogP contribution >= 0.6 is 11.6 Å². The lowest BCUT2D eigenvalue weighted by atomic mass is 10.2. The smallest absolute Gasteiger partial charge is 0.313 e. The highest BCUT2D eigenvalue weighted by atomic mass is 35.5. The van der Waals surface area contributed by atoms with Crippen molar-refractivity contribution < 1.29 is 23.5 Å². The molecule has 1 heterocycles. The third-order valence-corrected chi connectivity index (χ3v) is 3.06. The Labute approximate surface area is 129 Å². The van der Waals surface area contributed by atoms with Crippen molar-refractivity contribution in [1.29, 1.82) is 0 Å². The van der Waals surface area contributed by atoms with Crippen LogP contribution in [-0.2, 0) is 9.59 Å². The van der Waals surface area contributed by atoms with Crippen LogP contribution in [0, 0.1) is 5.82 Å². The summed E-state index contributed by atoms with van der Waals surface area (Å²) in [4.78, 5) is 23.3. The van der Waals surface area contributed by atoms with Gasteiger partial charge in [0, 0.05) is 17.8 Å². The van der Waals surface area contributed by atoms with Crippen molar-refractivity contribution in [3.63, 3.8) is 0 Å². The van der Waals surface area contributed by atoms with Crippen molar-refractivity contribution in [2.24, 2.45) is 0 Å². The highest BCUT2D eigenvalue weighted by molar-refractivity contribution is 6.39. The minimum absolute atomic E-state index is 0.157. The third-order valence-electron chi connectivity index (χ3n) is 2.77. The summed E-state index contributed by atoms with van der Waals surface area (Å²) in [5.74, 6) is -2.53. The molecule has 3 N–H and O–H groups in total. The highest BCUT2D eigenvalue weighted by Crippen LogP contribution is 2.19. The second-order valence-electron chi connectivity index (χ2n) is 4.37. The molecule has 8 heteroatoms. The second-order valence-corrected chi connectivity index (χ2v) is 4.77. The van der Waals surface area contributed by atoms with E-state index in [0.717, 1.165) is 6.07 Å². The number of carbonyl (C=O) groups is 2. The molecule has 6 nitrogen and oxygen atoms in total. The second kappa shape index (κ2) is 7.06. The van der Waals surface area contributed by atoms with E-state index in [-0.39, 0.29) is 17.3 Å². The summed E-state index contributed by atoms with van der Waals surface area (Å²) in [6, 6.07) is 5.06. The van der Waals surface area contributed by atoms with Crippen LogP contribution in [0.15, 0.2) is 41.2 Å². The molecule has 0 fully saturated rings. The van der Waals surface area contributed by atoms with Crippen LogP contribution in [0.25, 0.3) is 0 Å². The summed E-state index contributed by atoms with van der Waals surface area (Å²) in [5, 5.41) is 14.1. The van der Waals surface area contributed by atoms with E-state index in [4.69, 9.17) is 16.0 Å². The van der Waals surface area contributed by atoms with Gasteiger partial charge in [-0.15, -0.1) is 0 Å². The van der Waals surface area contributed by atoms with Gasteiger partial charge < -0.3 is 20.2 Å². The van der Waals surface area contributed by atoms with Crippen molar-refractivity contribution in [2.45, 2.75) is 6.10 Å². The first-order valence-corrected chi connectivity index (χ1v) is 6.59. The van der Waals surface area contributed by atoms with Crippen molar-refractivity contribution in [3.8, 4) is 0 Å². The predicted molar refractivity (Wildman–Crippen MR) is 76.7 cm³/mol. The molecule has 0 bridgehead atoms. The molecule has 1 aromatic heterocycles. The molecule has 2 rings (SSSR count). The molecule has 0 saturated carbocycles. The van der Waals surface area contributed by atoms with Gasteiger partial charge in [0.05, 0.1) is 23.7 Å². The Balaban J connectivity index is 1.86. The number of hydrogen-bond donors (Lipinski definition) is 3.